The van der Waals surface area contributed by atoms with E-state index in [-0.39, 0.29) is 16.9 Å². The number of fused-ring (bicyclic) bond motifs is 3. The molecule has 0 amide bonds. The van der Waals surface area contributed by atoms with Crippen LogP contribution in [0.1, 0.15) is 10.5 Å². The van der Waals surface area contributed by atoms with Gasteiger partial charge in [0, 0.05) is 6.20 Å². The fourth-order valence-corrected chi connectivity index (χ4v) is 1.75. The number of hydrogen-bond acceptors (Lipinski definition) is 4. The third-order valence-electron chi connectivity index (χ3n) is 2.51. The molecule has 2 N–H and O–H groups in total. The Morgan fingerprint density at radius 3 is 3.06 bits per heavy atom. The van der Waals surface area contributed by atoms with Gasteiger partial charge in [0.2, 0.25) is 0 Å². The summed E-state index contributed by atoms with van der Waals surface area (Å²) in [6, 6.07) is 1.56. The van der Waals surface area contributed by atoms with Gasteiger partial charge in [0.05, 0.1) is 17.1 Å². The Morgan fingerprint density at radius 2 is 2.29 bits per heavy atom. The number of aromatic nitrogens is 4. The van der Waals surface area contributed by atoms with Crippen LogP contribution in [0.15, 0.2) is 29.6 Å². The summed E-state index contributed by atoms with van der Waals surface area (Å²) in [6.07, 6.45) is 4.34. The molecule has 84 valence electrons. The molecule has 0 atom stereocenters. The smallest absolute Gasteiger partial charge is 0.358 e. The number of carbonyl (C=O) groups is 1. The molecule has 0 aromatic carbocycles. The quantitative estimate of drug-likeness (QED) is 0.624. The Morgan fingerprint density at radius 1 is 1.47 bits per heavy atom. The van der Waals surface area contributed by atoms with Crippen molar-refractivity contribution in [2.45, 2.75) is 0 Å². The first-order valence-corrected chi connectivity index (χ1v) is 4.75. The van der Waals surface area contributed by atoms with Crippen molar-refractivity contribution in [3.8, 4) is 0 Å². The normalized spacial score (nSPS) is 11.1. The molecule has 0 fully saturated rings. The molecular formula is C10H6N4O3. The monoisotopic (exact) mass is 230 g/mol. The number of H-pyrrole nitrogens is 1. The van der Waals surface area contributed by atoms with Crippen molar-refractivity contribution in [1.29, 1.82) is 0 Å². The number of nitrogens with one attached hydrogen (secondary N) is 1. The number of aromatic carboxylic acids is 1. The van der Waals surface area contributed by atoms with Gasteiger partial charge in [-0.2, -0.15) is 0 Å². The number of pyridine rings is 1. The van der Waals surface area contributed by atoms with Crippen molar-refractivity contribution in [2.75, 3.05) is 0 Å². The van der Waals surface area contributed by atoms with Crippen molar-refractivity contribution in [1.82, 2.24) is 19.4 Å². The molecule has 0 saturated carbocycles. The molecule has 0 bridgehead atoms. The highest BCUT2D eigenvalue weighted by Crippen LogP contribution is 2.12. The zero-order valence-corrected chi connectivity index (χ0v) is 8.41. The topological polar surface area (TPSA) is 100 Å². The number of aromatic amines is 1. The maximum atomic E-state index is 11.7. The summed E-state index contributed by atoms with van der Waals surface area (Å²) in [6.45, 7) is 0. The van der Waals surface area contributed by atoms with Gasteiger partial charge in [0.15, 0.2) is 11.3 Å². The first kappa shape index (κ1) is 9.52. The molecule has 0 aliphatic heterocycles. The average molecular weight is 230 g/mol. The fraction of sp³-hybridized carbons (Fsp3) is 0. The molecule has 0 spiro atoms. The van der Waals surface area contributed by atoms with Gasteiger partial charge >= 0.3 is 5.97 Å². The molecular weight excluding hydrogens is 224 g/mol. The van der Waals surface area contributed by atoms with E-state index >= 15 is 0 Å². The third kappa shape index (κ3) is 1.22. The maximum Gasteiger partial charge on any atom is 0.358 e. The Labute approximate surface area is 93.4 Å². The van der Waals surface area contributed by atoms with Crippen LogP contribution < -0.4 is 5.56 Å². The molecule has 0 aliphatic rings. The third-order valence-corrected chi connectivity index (χ3v) is 2.51. The number of hydrogen-bond donors (Lipinski definition) is 2. The van der Waals surface area contributed by atoms with E-state index in [1.54, 1.807) is 6.07 Å². The van der Waals surface area contributed by atoms with Gasteiger partial charge in [-0.05, 0) is 6.07 Å². The minimum absolute atomic E-state index is 0.156. The second-order valence-electron chi connectivity index (χ2n) is 3.46. The predicted molar refractivity (Wildman–Crippen MR) is 58.1 cm³/mol. The van der Waals surface area contributed by atoms with Gasteiger partial charge < -0.3 is 10.1 Å². The first-order valence-electron chi connectivity index (χ1n) is 4.75. The van der Waals surface area contributed by atoms with E-state index in [1.807, 2.05) is 0 Å². The highest BCUT2D eigenvalue weighted by Gasteiger charge is 2.15. The molecule has 3 aromatic rings. The van der Waals surface area contributed by atoms with E-state index in [0.717, 1.165) is 0 Å². The van der Waals surface area contributed by atoms with Crippen LogP contribution in [-0.4, -0.2) is 30.4 Å². The molecule has 7 heteroatoms. The lowest BCUT2D eigenvalue weighted by molar-refractivity contribution is 0.0693. The summed E-state index contributed by atoms with van der Waals surface area (Å²) < 4.78 is 1.49. The zero-order chi connectivity index (χ0) is 12.0. The van der Waals surface area contributed by atoms with Crippen molar-refractivity contribution in [3.05, 3.63) is 40.8 Å². The first-order chi connectivity index (χ1) is 8.18. The summed E-state index contributed by atoms with van der Waals surface area (Å²) in [7, 11) is 0. The summed E-state index contributed by atoms with van der Waals surface area (Å²) in [4.78, 5) is 32.8. The Bertz CT molecular complexity index is 802. The Hall–Kier alpha value is -2.70. The fourth-order valence-electron chi connectivity index (χ4n) is 1.75. The van der Waals surface area contributed by atoms with Crippen LogP contribution in [0.2, 0.25) is 0 Å². The maximum absolute atomic E-state index is 11.7. The lowest BCUT2D eigenvalue weighted by Gasteiger charge is -2.00. The van der Waals surface area contributed by atoms with Crippen LogP contribution in [0.3, 0.4) is 0 Å². The molecule has 0 unspecified atom stereocenters. The highest BCUT2D eigenvalue weighted by molar-refractivity contribution is 5.93. The van der Waals surface area contributed by atoms with Gasteiger partial charge in [-0.25, -0.2) is 9.78 Å². The number of carboxylic acid groups (broad SMARTS) is 1. The van der Waals surface area contributed by atoms with Crippen molar-refractivity contribution in [2.24, 2.45) is 0 Å². The van der Waals surface area contributed by atoms with E-state index in [4.69, 9.17) is 5.11 Å². The van der Waals surface area contributed by atoms with Crippen LogP contribution in [0.25, 0.3) is 16.6 Å². The van der Waals surface area contributed by atoms with E-state index in [2.05, 4.69) is 15.0 Å². The molecule has 0 radical (unpaired) electrons. The summed E-state index contributed by atoms with van der Waals surface area (Å²) in [5, 5.41) is 9.35. The van der Waals surface area contributed by atoms with Crippen molar-refractivity contribution >= 4 is 22.5 Å². The predicted octanol–water partition coefficient (Wildman–Crippen LogP) is 0.269. The number of carboxylic acids is 1. The van der Waals surface area contributed by atoms with Gasteiger partial charge in [-0.1, -0.05) is 0 Å². The molecule has 3 rings (SSSR count). The number of rotatable bonds is 1. The van der Waals surface area contributed by atoms with Crippen LogP contribution in [0, 0.1) is 0 Å². The Kier molecular flexibility index (Phi) is 1.76. The van der Waals surface area contributed by atoms with E-state index in [1.165, 1.54) is 23.1 Å². The SMILES string of the molecule is O=C(O)c1ncn2c1[nH]c(=O)c1ccncc12. The lowest BCUT2D eigenvalue weighted by Crippen LogP contribution is -2.11. The van der Waals surface area contributed by atoms with Gasteiger partial charge in [-0.15, -0.1) is 0 Å². The lowest BCUT2D eigenvalue weighted by atomic mass is 10.3. The second kappa shape index (κ2) is 3.14. The average Bonchev–Trinajstić information content (AvgIpc) is 2.73. The van der Waals surface area contributed by atoms with E-state index < -0.39 is 5.97 Å². The van der Waals surface area contributed by atoms with Gasteiger partial charge in [0.1, 0.15) is 6.33 Å². The number of nitrogens with zero attached hydrogens (tertiary/aromatic N) is 3. The molecule has 0 aliphatic carbocycles. The highest BCUT2D eigenvalue weighted by atomic mass is 16.4. The van der Waals surface area contributed by atoms with Gasteiger partial charge in [0.25, 0.3) is 5.56 Å². The zero-order valence-electron chi connectivity index (χ0n) is 8.41. The summed E-state index contributed by atoms with van der Waals surface area (Å²) in [5.74, 6) is -1.19. The second-order valence-corrected chi connectivity index (χ2v) is 3.46. The van der Waals surface area contributed by atoms with Crippen LogP contribution in [0.4, 0.5) is 0 Å². The summed E-state index contributed by atoms with van der Waals surface area (Å²) in [5.41, 5.74) is 0.125. The molecule has 3 heterocycles. The Balaban J connectivity index is 2.59. The van der Waals surface area contributed by atoms with Crippen LogP contribution >= 0.6 is 0 Å². The number of imidazole rings is 1. The van der Waals surface area contributed by atoms with E-state index in [9.17, 15) is 9.59 Å². The van der Waals surface area contributed by atoms with E-state index in [0.29, 0.717) is 10.9 Å². The molecule has 3 aromatic heterocycles. The molecule has 0 saturated heterocycles. The standard InChI is InChI=1S/C10H6N4O3/c15-9-5-1-2-11-3-6(5)14-4-12-7(10(16)17)8(14)13-9/h1-4H,(H,13,15)(H,16,17). The molecule has 7 nitrogen and oxygen atoms in total. The minimum Gasteiger partial charge on any atom is -0.476 e. The van der Waals surface area contributed by atoms with Crippen LogP contribution in [0.5, 0.6) is 0 Å². The van der Waals surface area contributed by atoms with Crippen LogP contribution in [-0.2, 0) is 0 Å². The van der Waals surface area contributed by atoms with Crippen molar-refractivity contribution < 1.29 is 9.90 Å². The molecule has 17 heavy (non-hydrogen) atoms. The minimum atomic E-state index is -1.19. The van der Waals surface area contributed by atoms with Gasteiger partial charge in [-0.3, -0.25) is 14.2 Å². The van der Waals surface area contributed by atoms with Crippen molar-refractivity contribution in [3.63, 3.8) is 0 Å². The largest absolute Gasteiger partial charge is 0.476 e. The summed E-state index contributed by atoms with van der Waals surface area (Å²) >= 11 is 0.